The summed E-state index contributed by atoms with van der Waals surface area (Å²) in [5.41, 5.74) is 6.75. The quantitative estimate of drug-likeness (QED) is 0.529. The van der Waals surface area contributed by atoms with Crippen LogP contribution in [0.2, 0.25) is 0 Å². The van der Waals surface area contributed by atoms with Crippen LogP contribution in [0.15, 0.2) is 54.6 Å². The summed E-state index contributed by atoms with van der Waals surface area (Å²) in [5, 5.41) is 17.0. The highest BCUT2D eigenvalue weighted by molar-refractivity contribution is 5.72. The lowest BCUT2D eigenvalue weighted by Gasteiger charge is -2.15. The maximum atomic E-state index is 11.8. The second kappa shape index (κ2) is 9.36. The second-order valence-corrected chi connectivity index (χ2v) is 7.42. The van der Waals surface area contributed by atoms with Gasteiger partial charge >= 0.3 is 5.97 Å². The normalized spacial score (nSPS) is 12.1. The van der Waals surface area contributed by atoms with Crippen LogP contribution in [0.25, 0.3) is 11.1 Å². The lowest BCUT2D eigenvalue weighted by atomic mass is 9.90. The molecule has 0 fully saturated rings. The number of benzene rings is 2. The fourth-order valence-electron chi connectivity index (χ4n) is 3.85. The van der Waals surface area contributed by atoms with Crippen molar-refractivity contribution in [3.63, 3.8) is 0 Å². The van der Waals surface area contributed by atoms with Crippen molar-refractivity contribution in [2.75, 3.05) is 0 Å². The molecule has 28 heavy (non-hydrogen) atoms. The van der Waals surface area contributed by atoms with E-state index >= 15 is 0 Å². The van der Waals surface area contributed by atoms with Gasteiger partial charge in [0.05, 0.1) is 11.6 Å². The Morgan fingerprint density at radius 1 is 1.00 bits per heavy atom. The van der Waals surface area contributed by atoms with Crippen molar-refractivity contribution < 1.29 is 9.90 Å². The van der Waals surface area contributed by atoms with Gasteiger partial charge in [-0.3, -0.25) is 9.89 Å². The molecule has 0 bridgehead atoms. The number of carboxylic acids is 1. The molecular weight excluding hydrogens is 348 g/mol. The zero-order valence-electron chi connectivity index (χ0n) is 16.6. The molecule has 0 amide bonds. The van der Waals surface area contributed by atoms with Crippen LogP contribution < -0.4 is 0 Å². The molecular formula is C24H28N2O2. The van der Waals surface area contributed by atoms with Crippen LogP contribution in [0.1, 0.15) is 41.8 Å². The number of hydrogen-bond donors (Lipinski definition) is 2. The molecule has 0 aliphatic rings. The van der Waals surface area contributed by atoms with Gasteiger partial charge in [-0.2, -0.15) is 5.10 Å². The average Bonchev–Trinajstić information content (AvgIpc) is 3.03. The van der Waals surface area contributed by atoms with E-state index in [2.05, 4.69) is 34.5 Å². The van der Waals surface area contributed by atoms with Crippen molar-refractivity contribution in [1.29, 1.82) is 0 Å². The second-order valence-electron chi connectivity index (χ2n) is 7.42. The number of carboxylic acid groups (broad SMARTS) is 1. The Balaban J connectivity index is 1.65. The predicted octanol–water partition coefficient (Wildman–Crippen LogP) is 5.35. The Hall–Kier alpha value is -2.88. The molecule has 0 radical (unpaired) electrons. The van der Waals surface area contributed by atoms with E-state index in [-0.39, 0.29) is 5.92 Å². The molecule has 1 heterocycles. The molecule has 0 saturated carbocycles. The lowest BCUT2D eigenvalue weighted by molar-refractivity contribution is -0.142. The third kappa shape index (κ3) is 4.89. The first-order valence-corrected chi connectivity index (χ1v) is 9.93. The van der Waals surface area contributed by atoms with E-state index in [0.29, 0.717) is 12.8 Å². The van der Waals surface area contributed by atoms with E-state index in [0.717, 1.165) is 41.8 Å². The number of aromatic nitrogens is 2. The van der Waals surface area contributed by atoms with Crippen molar-refractivity contribution in [2.45, 2.75) is 46.0 Å². The highest BCUT2D eigenvalue weighted by Gasteiger charge is 2.19. The fourth-order valence-corrected chi connectivity index (χ4v) is 3.85. The van der Waals surface area contributed by atoms with Crippen LogP contribution in [0, 0.1) is 19.8 Å². The standard InChI is InChI=1S/C24H28N2O2/c1-17-23(18(2)26-25-17)22-14-7-6-12-20(22)15-16-21(24(27)28)13-8-11-19-9-4-3-5-10-19/h3-7,9-10,12,14,21H,8,11,13,15-16H2,1-2H3,(H,25,26)(H,27,28). The Labute approximate surface area is 166 Å². The average molecular weight is 376 g/mol. The Kier molecular flexibility index (Phi) is 6.64. The monoisotopic (exact) mass is 376 g/mol. The van der Waals surface area contributed by atoms with Gasteiger partial charge in [0.1, 0.15) is 0 Å². The van der Waals surface area contributed by atoms with E-state index in [1.165, 1.54) is 11.1 Å². The van der Waals surface area contributed by atoms with Crippen LogP contribution in [-0.4, -0.2) is 21.3 Å². The maximum Gasteiger partial charge on any atom is 0.306 e. The summed E-state index contributed by atoms with van der Waals surface area (Å²) in [5.74, 6) is -1.01. The largest absolute Gasteiger partial charge is 0.481 e. The Morgan fingerprint density at radius 2 is 1.71 bits per heavy atom. The summed E-state index contributed by atoms with van der Waals surface area (Å²) in [6.07, 6.45) is 3.92. The number of H-pyrrole nitrogens is 1. The first-order valence-electron chi connectivity index (χ1n) is 9.93. The van der Waals surface area contributed by atoms with Crippen molar-refractivity contribution in [3.05, 3.63) is 77.1 Å². The number of hydrogen-bond acceptors (Lipinski definition) is 2. The zero-order valence-corrected chi connectivity index (χ0v) is 16.6. The molecule has 4 heteroatoms. The molecule has 2 aromatic carbocycles. The fraction of sp³-hybridized carbons (Fsp3) is 0.333. The van der Waals surface area contributed by atoms with Crippen molar-refractivity contribution >= 4 is 5.97 Å². The number of aryl methyl sites for hydroxylation is 4. The molecule has 0 aliphatic carbocycles. The maximum absolute atomic E-state index is 11.8. The SMILES string of the molecule is Cc1n[nH]c(C)c1-c1ccccc1CCC(CCCc1ccccc1)C(=O)O. The summed E-state index contributed by atoms with van der Waals surface area (Å²) < 4.78 is 0. The van der Waals surface area contributed by atoms with Gasteiger partial charge in [-0.15, -0.1) is 0 Å². The molecule has 0 aliphatic heterocycles. The molecule has 0 saturated heterocycles. The summed E-state index contributed by atoms with van der Waals surface area (Å²) in [7, 11) is 0. The first kappa shape index (κ1) is 19.9. The number of nitrogens with zero attached hydrogens (tertiary/aromatic N) is 1. The molecule has 1 unspecified atom stereocenters. The van der Waals surface area contributed by atoms with Crippen LogP contribution in [0.4, 0.5) is 0 Å². The van der Waals surface area contributed by atoms with Gasteiger partial charge in [-0.05, 0) is 62.6 Å². The number of rotatable bonds is 9. The molecule has 3 rings (SSSR count). The van der Waals surface area contributed by atoms with Crippen molar-refractivity contribution in [3.8, 4) is 11.1 Å². The van der Waals surface area contributed by atoms with E-state index in [1.807, 2.05) is 44.2 Å². The van der Waals surface area contributed by atoms with Crippen LogP contribution in [0.3, 0.4) is 0 Å². The van der Waals surface area contributed by atoms with Crippen LogP contribution in [-0.2, 0) is 17.6 Å². The van der Waals surface area contributed by atoms with Crippen molar-refractivity contribution in [1.82, 2.24) is 10.2 Å². The van der Waals surface area contributed by atoms with Gasteiger partial charge < -0.3 is 5.11 Å². The minimum absolute atomic E-state index is 0.316. The van der Waals surface area contributed by atoms with E-state index in [9.17, 15) is 9.90 Å². The van der Waals surface area contributed by atoms with E-state index in [4.69, 9.17) is 0 Å². The highest BCUT2D eigenvalue weighted by atomic mass is 16.4. The lowest BCUT2D eigenvalue weighted by Crippen LogP contribution is -2.15. The number of aliphatic carboxylic acids is 1. The summed E-state index contributed by atoms with van der Waals surface area (Å²) in [6, 6.07) is 18.5. The van der Waals surface area contributed by atoms with Gasteiger partial charge in [0.25, 0.3) is 0 Å². The number of nitrogens with one attached hydrogen (secondary N) is 1. The van der Waals surface area contributed by atoms with Gasteiger partial charge in [0.15, 0.2) is 0 Å². The summed E-state index contributed by atoms with van der Waals surface area (Å²) >= 11 is 0. The Bertz CT molecular complexity index is 896. The minimum Gasteiger partial charge on any atom is -0.481 e. The van der Waals surface area contributed by atoms with Crippen molar-refractivity contribution in [2.24, 2.45) is 5.92 Å². The third-order valence-corrected chi connectivity index (χ3v) is 5.39. The Morgan fingerprint density at radius 3 is 2.39 bits per heavy atom. The first-order chi connectivity index (χ1) is 13.6. The topological polar surface area (TPSA) is 66.0 Å². The minimum atomic E-state index is -0.693. The molecule has 4 nitrogen and oxygen atoms in total. The molecule has 0 spiro atoms. The van der Waals surface area contributed by atoms with Crippen LogP contribution in [0.5, 0.6) is 0 Å². The molecule has 1 aromatic heterocycles. The van der Waals surface area contributed by atoms with E-state index in [1.54, 1.807) is 0 Å². The molecule has 2 N–H and O–H groups in total. The van der Waals surface area contributed by atoms with Gasteiger partial charge in [-0.25, -0.2) is 0 Å². The summed E-state index contributed by atoms with van der Waals surface area (Å²) in [4.78, 5) is 11.8. The summed E-state index contributed by atoms with van der Waals surface area (Å²) in [6.45, 7) is 4.02. The number of aromatic amines is 1. The molecule has 1 atom stereocenters. The predicted molar refractivity (Wildman–Crippen MR) is 112 cm³/mol. The van der Waals surface area contributed by atoms with Gasteiger partial charge in [0.2, 0.25) is 0 Å². The molecule has 3 aromatic rings. The molecule has 146 valence electrons. The smallest absolute Gasteiger partial charge is 0.306 e. The van der Waals surface area contributed by atoms with Gasteiger partial charge in [0, 0.05) is 11.3 Å². The zero-order chi connectivity index (χ0) is 19.9. The van der Waals surface area contributed by atoms with E-state index < -0.39 is 5.97 Å². The number of carbonyl (C=O) groups is 1. The van der Waals surface area contributed by atoms with Crippen LogP contribution >= 0.6 is 0 Å². The third-order valence-electron chi connectivity index (χ3n) is 5.39. The highest BCUT2D eigenvalue weighted by Crippen LogP contribution is 2.30. The van der Waals surface area contributed by atoms with Gasteiger partial charge in [-0.1, -0.05) is 54.6 Å².